The van der Waals surface area contributed by atoms with Crippen LogP contribution in [-0.4, -0.2) is 18.1 Å². The number of anilines is 1. The highest BCUT2D eigenvalue weighted by atomic mass is 32.1. The first-order chi connectivity index (χ1) is 9.39. The minimum absolute atomic E-state index is 0.00958. The normalized spacial score (nSPS) is 16.9. The van der Waals surface area contributed by atoms with Crippen LogP contribution in [0.3, 0.4) is 0 Å². The second-order valence-corrected chi connectivity index (χ2v) is 5.44. The average Bonchev–Trinajstić information content (AvgIpc) is 2.65. The summed E-state index contributed by atoms with van der Waals surface area (Å²) >= 11 is 4.92. The van der Waals surface area contributed by atoms with Gasteiger partial charge in [0.1, 0.15) is 4.99 Å². The quantitative estimate of drug-likeness (QED) is 0.844. The summed E-state index contributed by atoms with van der Waals surface area (Å²) in [5.74, 6) is 0. The van der Waals surface area contributed by atoms with Gasteiger partial charge in [-0.3, -0.25) is 0 Å². The second-order valence-electron chi connectivity index (χ2n) is 5.00. The molecule has 2 N–H and O–H groups in total. The van der Waals surface area contributed by atoms with Crippen LogP contribution < -0.4 is 10.6 Å². The number of rotatable bonds is 2. The molecular weight excluding hydrogens is 285 g/mol. The van der Waals surface area contributed by atoms with E-state index in [1.54, 1.807) is 0 Å². The number of thiocarbonyl (C=S) groups is 1. The zero-order valence-electron chi connectivity index (χ0n) is 11.0. The van der Waals surface area contributed by atoms with Crippen molar-refractivity contribution in [3.05, 3.63) is 29.3 Å². The van der Waals surface area contributed by atoms with Crippen LogP contribution in [0.25, 0.3) is 0 Å². The summed E-state index contributed by atoms with van der Waals surface area (Å²) in [6.07, 6.45) is 0.00548. The highest BCUT2D eigenvalue weighted by Gasteiger charge is 2.31. The van der Waals surface area contributed by atoms with E-state index in [2.05, 4.69) is 4.90 Å². The van der Waals surface area contributed by atoms with E-state index in [1.807, 2.05) is 0 Å². The number of nitrogens with zero attached hydrogens (tertiary/aromatic N) is 1. The van der Waals surface area contributed by atoms with Gasteiger partial charge in [-0.05, 0) is 31.0 Å². The molecule has 0 aliphatic carbocycles. The molecular formula is C14H17F3N2S. The fourth-order valence-electron chi connectivity index (χ4n) is 2.50. The summed E-state index contributed by atoms with van der Waals surface area (Å²) < 4.78 is 38.3. The first kappa shape index (κ1) is 15.1. The summed E-state index contributed by atoms with van der Waals surface area (Å²) in [6.45, 7) is 1.67. The third kappa shape index (κ3) is 3.42. The van der Waals surface area contributed by atoms with Crippen molar-refractivity contribution in [1.82, 2.24) is 0 Å². The summed E-state index contributed by atoms with van der Waals surface area (Å²) in [5, 5.41) is 0. The molecule has 1 aromatic carbocycles. The molecule has 1 aromatic rings. The maximum absolute atomic E-state index is 12.8. The van der Waals surface area contributed by atoms with Gasteiger partial charge in [0.05, 0.1) is 5.56 Å². The van der Waals surface area contributed by atoms with E-state index in [4.69, 9.17) is 18.0 Å². The van der Waals surface area contributed by atoms with E-state index in [9.17, 15) is 13.2 Å². The Morgan fingerprint density at radius 3 is 2.20 bits per heavy atom. The molecule has 0 saturated carbocycles. The standard InChI is InChI=1S/C14H17F3N2S/c15-14(16,17)10-5-6-12(11(9-10)13(18)20)19-7-3-1-2-4-8-19/h5-6,9H,1-4,7-8H2,(H2,18,20). The second kappa shape index (κ2) is 5.99. The summed E-state index contributed by atoms with van der Waals surface area (Å²) in [6, 6.07) is 3.65. The van der Waals surface area contributed by atoms with E-state index in [1.165, 1.54) is 6.07 Å². The van der Waals surface area contributed by atoms with Crippen molar-refractivity contribution in [2.24, 2.45) is 5.73 Å². The topological polar surface area (TPSA) is 29.3 Å². The van der Waals surface area contributed by atoms with Crippen LogP contribution in [0, 0.1) is 0 Å². The molecule has 1 aliphatic heterocycles. The number of hydrogen-bond donors (Lipinski definition) is 1. The molecule has 0 spiro atoms. The van der Waals surface area contributed by atoms with Gasteiger partial charge in [0.2, 0.25) is 0 Å². The van der Waals surface area contributed by atoms with Crippen LogP contribution in [-0.2, 0) is 6.18 Å². The van der Waals surface area contributed by atoms with Crippen LogP contribution in [0.5, 0.6) is 0 Å². The Morgan fingerprint density at radius 1 is 1.10 bits per heavy atom. The Morgan fingerprint density at radius 2 is 1.70 bits per heavy atom. The Labute approximate surface area is 121 Å². The SMILES string of the molecule is NC(=S)c1cc(C(F)(F)F)ccc1N1CCCCCC1. The minimum Gasteiger partial charge on any atom is -0.389 e. The highest BCUT2D eigenvalue weighted by Crippen LogP contribution is 2.33. The van der Waals surface area contributed by atoms with Gasteiger partial charge < -0.3 is 10.6 Å². The number of alkyl halides is 3. The van der Waals surface area contributed by atoms with Gasteiger partial charge >= 0.3 is 6.18 Å². The maximum atomic E-state index is 12.8. The first-order valence-electron chi connectivity index (χ1n) is 6.65. The van der Waals surface area contributed by atoms with Crippen molar-refractivity contribution in [3.8, 4) is 0 Å². The smallest absolute Gasteiger partial charge is 0.389 e. The number of nitrogens with two attached hydrogens (primary N) is 1. The fourth-order valence-corrected chi connectivity index (χ4v) is 2.66. The molecule has 0 atom stereocenters. The Hall–Kier alpha value is -1.30. The Bertz CT molecular complexity index is 492. The Kier molecular flexibility index (Phi) is 4.52. The lowest BCUT2D eigenvalue weighted by molar-refractivity contribution is -0.137. The van der Waals surface area contributed by atoms with Crippen molar-refractivity contribution in [3.63, 3.8) is 0 Å². The van der Waals surface area contributed by atoms with E-state index >= 15 is 0 Å². The molecule has 0 unspecified atom stereocenters. The molecule has 0 bridgehead atoms. The zero-order valence-corrected chi connectivity index (χ0v) is 11.9. The molecule has 0 radical (unpaired) electrons. The van der Waals surface area contributed by atoms with Crippen LogP contribution in [0.15, 0.2) is 18.2 Å². The van der Waals surface area contributed by atoms with Crippen molar-refractivity contribution in [2.45, 2.75) is 31.9 Å². The van der Waals surface area contributed by atoms with Gasteiger partial charge in [-0.25, -0.2) is 0 Å². The van der Waals surface area contributed by atoms with Crippen molar-refractivity contribution in [1.29, 1.82) is 0 Å². The van der Waals surface area contributed by atoms with Gasteiger partial charge in [-0.15, -0.1) is 0 Å². The molecule has 1 fully saturated rings. The minimum atomic E-state index is -4.38. The highest BCUT2D eigenvalue weighted by molar-refractivity contribution is 7.80. The average molecular weight is 302 g/mol. The van der Waals surface area contributed by atoms with E-state index in [0.717, 1.165) is 50.9 Å². The molecule has 6 heteroatoms. The Balaban J connectivity index is 2.39. The molecule has 0 amide bonds. The lowest BCUT2D eigenvalue weighted by Crippen LogP contribution is -2.27. The molecule has 0 aromatic heterocycles. The maximum Gasteiger partial charge on any atom is 0.416 e. The van der Waals surface area contributed by atoms with Crippen molar-refractivity contribution < 1.29 is 13.2 Å². The van der Waals surface area contributed by atoms with Gasteiger partial charge in [0.15, 0.2) is 0 Å². The summed E-state index contributed by atoms with van der Waals surface area (Å²) in [5.41, 5.74) is 5.93. The van der Waals surface area contributed by atoms with Crippen LogP contribution >= 0.6 is 12.2 Å². The van der Waals surface area contributed by atoms with E-state index in [0.29, 0.717) is 11.3 Å². The van der Waals surface area contributed by atoms with Crippen LogP contribution in [0.2, 0.25) is 0 Å². The van der Waals surface area contributed by atoms with Crippen molar-refractivity contribution in [2.75, 3.05) is 18.0 Å². The molecule has 1 saturated heterocycles. The lowest BCUT2D eigenvalue weighted by atomic mass is 10.1. The third-order valence-electron chi connectivity index (χ3n) is 3.54. The van der Waals surface area contributed by atoms with Gasteiger partial charge in [0.25, 0.3) is 0 Å². The third-order valence-corrected chi connectivity index (χ3v) is 3.76. The van der Waals surface area contributed by atoms with Gasteiger partial charge in [-0.2, -0.15) is 13.2 Å². The number of benzene rings is 1. The summed E-state index contributed by atoms with van der Waals surface area (Å²) in [7, 11) is 0. The van der Waals surface area contributed by atoms with Gasteiger partial charge in [-0.1, -0.05) is 25.1 Å². The predicted molar refractivity (Wildman–Crippen MR) is 78.0 cm³/mol. The monoisotopic (exact) mass is 302 g/mol. The van der Waals surface area contributed by atoms with Crippen molar-refractivity contribution >= 4 is 22.9 Å². The molecule has 20 heavy (non-hydrogen) atoms. The molecule has 1 aliphatic rings. The molecule has 2 nitrogen and oxygen atoms in total. The fraction of sp³-hybridized carbons (Fsp3) is 0.500. The number of hydrogen-bond acceptors (Lipinski definition) is 2. The molecule has 1 heterocycles. The van der Waals surface area contributed by atoms with Gasteiger partial charge in [0, 0.05) is 24.3 Å². The van der Waals surface area contributed by atoms with E-state index in [-0.39, 0.29) is 4.99 Å². The van der Waals surface area contributed by atoms with Crippen LogP contribution in [0.1, 0.15) is 36.8 Å². The number of halogens is 3. The lowest BCUT2D eigenvalue weighted by Gasteiger charge is -2.26. The molecule has 110 valence electrons. The summed E-state index contributed by atoms with van der Waals surface area (Å²) in [4.78, 5) is 2.09. The first-order valence-corrected chi connectivity index (χ1v) is 7.06. The van der Waals surface area contributed by atoms with Crippen LogP contribution in [0.4, 0.5) is 18.9 Å². The molecule has 2 rings (SSSR count). The zero-order chi connectivity index (χ0) is 14.8. The van der Waals surface area contributed by atoms with E-state index < -0.39 is 11.7 Å². The predicted octanol–water partition coefficient (Wildman–Crippen LogP) is 3.72. The largest absolute Gasteiger partial charge is 0.416 e.